The Hall–Kier alpha value is -1.68. The van der Waals surface area contributed by atoms with Crippen molar-refractivity contribution < 1.29 is 8.81 Å². The molecular formula is C24H37FIN5O. The second-order valence-corrected chi connectivity index (χ2v) is 8.56. The van der Waals surface area contributed by atoms with E-state index in [-0.39, 0.29) is 35.8 Å². The standard InChI is InChI=1S/C24H36FN5O.HI/c1-6-26-24(29-18(4)21-8-7-16(2)22(25)13-21)27-14-20-9-11-30(12-10-20)15-23-28-17(3)19(5)31-23;/h7-8,13,18,20H,6,9-12,14-15H2,1-5H3,(H2,26,27,29);1H. The lowest BCUT2D eigenvalue weighted by Gasteiger charge is -2.30. The Morgan fingerprint density at radius 2 is 2.00 bits per heavy atom. The largest absolute Gasteiger partial charge is 0.444 e. The van der Waals surface area contributed by atoms with Gasteiger partial charge in [-0.3, -0.25) is 9.89 Å². The predicted molar refractivity (Wildman–Crippen MR) is 138 cm³/mol. The molecule has 0 radical (unpaired) electrons. The Labute approximate surface area is 208 Å². The first kappa shape index (κ1) is 26.6. The molecule has 178 valence electrons. The van der Waals surface area contributed by atoms with Crippen molar-refractivity contribution in [1.29, 1.82) is 0 Å². The molecule has 1 aliphatic heterocycles. The molecule has 0 spiro atoms. The molecule has 0 saturated carbocycles. The van der Waals surface area contributed by atoms with E-state index in [4.69, 9.17) is 9.41 Å². The van der Waals surface area contributed by atoms with Crippen molar-refractivity contribution >= 4 is 29.9 Å². The Kier molecular flexibility index (Phi) is 10.4. The van der Waals surface area contributed by atoms with E-state index in [2.05, 4.69) is 27.4 Å². The zero-order chi connectivity index (χ0) is 22.4. The molecule has 0 amide bonds. The van der Waals surface area contributed by atoms with E-state index < -0.39 is 0 Å². The van der Waals surface area contributed by atoms with Gasteiger partial charge in [-0.15, -0.1) is 24.0 Å². The van der Waals surface area contributed by atoms with Crippen LogP contribution >= 0.6 is 24.0 Å². The highest BCUT2D eigenvalue weighted by Crippen LogP contribution is 2.20. The second-order valence-electron chi connectivity index (χ2n) is 8.56. The van der Waals surface area contributed by atoms with Crippen molar-refractivity contribution in [2.24, 2.45) is 10.9 Å². The third-order valence-corrected chi connectivity index (χ3v) is 6.04. The monoisotopic (exact) mass is 557 g/mol. The number of piperidine rings is 1. The molecule has 1 atom stereocenters. The molecule has 2 heterocycles. The van der Waals surface area contributed by atoms with Crippen molar-refractivity contribution in [2.75, 3.05) is 26.2 Å². The van der Waals surface area contributed by atoms with Gasteiger partial charge < -0.3 is 15.1 Å². The van der Waals surface area contributed by atoms with Gasteiger partial charge in [0.05, 0.1) is 18.3 Å². The number of rotatable bonds is 7. The minimum Gasteiger partial charge on any atom is -0.444 e. The number of oxazole rings is 1. The van der Waals surface area contributed by atoms with Crippen LogP contribution in [0.3, 0.4) is 0 Å². The molecular weight excluding hydrogens is 520 g/mol. The third kappa shape index (κ3) is 7.43. The van der Waals surface area contributed by atoms with Gasteiger partial charge in [0.25, 0.3) is 0 Å². The van der Waals surface area contributed by atoms with Crippen molar-refractivity contribution in [1.82, 2.24) is 20.5 Å². The number of benzene rings is 1. The van der Waals surface area contributed by atoms with E-state index >= 15 is 0 Å². The van der Waals surface area contributed by atoms with Crippen LogP contribution < -0.4 is 10.6 Å². The summed E-state index contributed by atoms with van der Waals surface area (Å²) in [5.74, 6) is 2.89. The third-order valence-electron chi connectivity index (χ3n) is 6.04. The Morgan fingerprint density at radius 1 is 1.28 bits per heavy atom. The van der Waals surface area contributed by atoms with Crippen molar-refractivity contribution in [3.63, 3.8) is 0 Å². The number of hydrogen-bond donors (Lipinski definition) is 2. The van der Waals surface area contributed by atoms with Crippen LogP contribution in [-0.2, 0) is 6.54 Å². The van der Waals surface area contributed by atoms with Crippen LogP contribution in [0.5, 0.6) is 0 Å². The quantitative estimate of drug-likeness (QED) is 0.289. The van der Waals surface area contributed by atoms with Gasteiger partial charge in [0.2, 0.25) is 5.89 Å². The summed E-state index contributed by atoms with van der Waals surface area (Å²) in [5.41, 5.74) is 2.56. The summed E-state index contributed by atoms with van der Waals surface area (Å²) >= 11 is 0. The maximum absolute atomic E-state index is 13.9. The Balaban J connectivity index is 0.00000363. The average Bonchev–Trinajstić information content (AvgIpc) is 3.06. The molecule has 8 heteroatoms. The molecule has 2 aromatic rings. The van der Waals surface area contributed by atoms with Gasteiger partial charge in [-0.2, -0.15) is 0 Å². The maximum atomic E-state index is 13.9. The molecule has 1 aromatic heterocycles. The number of aliphatic imine (C=N–C) groups is 1. The molecule has 0 bridgehead atoms. The lowest BCUT2D eigenvalue weighted by atomic mass is 9.97. The van der Waals surface area contributed by atoms with Crippen LogP contribution in [0.25, 0.3) is 0 Å². The Bertz CT molecular complexity index is 873. The molecule has 0 aliphatic carbocycles. The van der Waals surface area contributed by atoms with E-state index in [1.54, 1.807) is 13.0 Å². The minimum absolute atomic E-state index is 0. The maximum Gasteiger partial charge on any atom is 0.208 e. The molecule has 1 fully saturated rings. The summed E-state index contributed by atoms with van der Waals surface area (Å²) in [7, 11) is 0. The zero-order valence-electron chi connectivity index (χ0n) is 19.9. The van der Waals surface area contributed by atoms with Crippen LogP contribution in [0.15, 0.2) is 27.6 Å². The second kappa shape index (κ2) is 12.5. The number of hydrogen-bond acceptors (Lipinski definition) is 4. The van der Waals surface area contributed by atoms with E-state index in [1.165, 1.54) is 0 Å². The first-order chi connectivity index (χ1) is 14.9. The summed E-state index contributed by atoms with van der Waals surface area (Å²) in [6, 6.07) is 5.36. The summed E-state index contributed by atoms with van der Waals surface area (Å²) in [5, 5.41) is 6.72. The highest BCUT2D eigenvalue weighted by Gasteiger charge is 2.21. The number of likely N-dealkylation sites (tertiary alicyclic amines) is 1. The first-order valence-electron chi connectivity index (χ1n) is 11.3. The zero-order valence-corrected chi connectivity index (χ0v) is 22.2. The van der Waals surface area contributed by atoms with E-state index in [9.17, 15) is 4.39 Å². The van der Waals surface area contributed by atoms with Gasteiger partial charge >= 0.3 is 0 Å². The summed E-state index contributed by atoms with van der Waals surface area (Å²) in [6.07, 6.45) is 2.22. The molecule has 32 heavy (non-hydrogen) atoms. The van der Waals surface area contributed by atoms with Crippen molar-refractivity contribution in [2.45, 2.75) is 60.0 Å². The fourth-order valence-corrected chi connectivity index (χ4v) is 3.83. The SMILES string of the molecule is CCNC(=NCC1CCN(Cc2nc(C)c(C)o2)CC1)NC(C)c1ccc(C)c(F)c1.I. The lowest BCUT2D eigenvalue weighted by molar-refractivity contribution is 0.166. The topological polar surface area (TPSA) is 65.7 Å². The summed E-state index contributed by atoms with van der Waals surface area (Å²) < 4.78 is 19.6. The molecule has 2 N–H and O–H groups in total. The molecule has 1 unspecified atom stereocenters. The number of nitrogens with one attached hydrogen (secondary N) is 2. The van der Waals surface area contributed by atoms with Gasteiger partial charge in [0, 0.05) is 13.1 Å². The lowest BCUT2D eigenvalue weighted by Crippen LogP contribution is -2.39. The minimum atomic E-state index is -0.171. The van der Waals surface area contributed by atoms with Crippen LogP contribution in [-0.4, -0.2) is 42.0 Å². The Morgan fingerprint density at radius 3 is 2.59 bits per heavy atom. The normalized spacial score (nSPS) is 16.5. The van der Waals surface area contributed by atoms with E-state index in [1.807, 2.05) is 32.9 Å². The molecule has 1 aromatic carbocycles. The first-order valence-corrected chi connectivity index (χ1v) is 11.3. The highest BCUT2D eigenvalue weighted by molar-refractivity contribution is 14.0. The van der Waals surface area contributed by atoms with Crippen LogP contribution in [0.4, 0.5) is 4.39 Å². The van der Waals surface area contributed by atoms with Crippen molar-refractivity contribution in [3.8, 4) is 0 Å². The van der Waals surface area contributed by atoms with Gasteiger partial charge in [0.1, 0.15) is 11.6 Å². The number of halogens is 2. The molecule has 1 saturated heterocycles. The van der Waals surface area contributed by atoms with Gasteiger partial charge in [-0.05, 0) is 83.7 Å². The summed E-state index contributed by atoms with van der Waals surface area (Å²) in [6.45, 7) is 14.2. The number of aromatic nitrogens is 1. The predicted octanol–water partition coefficient (Wildman–Crippen LogP) is 4.89. The van der Waals surface area contributed by atoms with Crippen LogP contribution in [0.1, 0.15) is 61.2 Å². The molecule has 3 rings (SSSR count). The van der Waals surface area contributed by atoms with Gasteiger partial charge in [-0.1, -0.05) is 12.1 Å². The van der Waals surface area contributed by atoms with Crippen LogP contribution in [0.2, 0.25) is 0 Å². The van der Waals surface area contributed by atoms with Crippen LogP contribution in [0, 0.1) is 32.5 Å². The molecule has 6 nitrogen and oxygen atoms in total. The van der Waals surface area contributed by atoms with Crippen molar-refractivity contribution in [3.05, 3.63) is 52.5 Å². The van der Waals surface area contributed by atoms with E-state index in [0.717, 1.165) is 74.4 Å². The smallest absolute Gasteiger partial charge is 0.208 e. The fourth-order valence-electron chi connectivity index (χ4n) is 3.83. The summed E-state index contributed by atoms with van der Waals surface area (Å²) in [4.78, 5) is 11.7. The number of guanidine groups is 1. The fraction of sp³-hybridized carbons (Fsp3) is 0.583. The number of aryl methyl sites for hydroxylation is 3. The van der Waals surface area contributed by atoms with Gasteiger partial charge in [-0.25, -0.2) is 9.37 Å². The molecule has 1 aliphatic rings. The van der Waals surface area contributed by atoms with Gasteiger partial charge in [0.15, 0.2) is 5.96 Å². The average molecular weight is 557 g/mol. The highest BCUT2D eigenvalue weighted by atomic mass is 127. The van der Waals surface area contributed by atoms with E-state index in [0.29, 0.717) is 11.5 Å². The number of nitrogens with zero attached hydrogens (tertiary/aromatic N) is 3.